The number of hydrogen-bond acceptors (Lipinski definition) is 6. The maximum atomic E-state index is 13.5. The van der Waals surface area contributed by atoms with Gasteiger partial charge in [-0.3, -0.25) is 0 Å². The van der Waals surface area contributed by atoms with E-state index in [1.165, 1.54) is 28.8 Å². The van der Waals surface area contributed by atoms with Gasteiger partial charge in [0, 0.05) is 11.9 Å². The monoisotopic (exact) mass is 467 g/mol. The molecule has 160 valence electrons. The van der Waals surface area contributed by atoms with E-state index in [4.69, 9.17) is 11.6 Å². The van der Waals surface area contributed by atoms with E-state index < -0.39 is 15.7 Å². The second-order valence-electron chi connectivity index (χ2n) is 7.03. The van der Waals surface area contributed by atoms with E-state index >= 15 is 0 Å². The quantitative estimate of drug-likeness (QED) is 0.409. The topological polar surface area (TPSA) is 89.2 Å². The van der Waals surface area contributed by atoms with Gasteiger partial charge in [-0.1, -0.05) is 53.2 Å². The number of fused-ring (bicyclic) bond motifs is 3. The van der Waals surface area contributed by atoms with Gasteiger partial charge in [-0.05, 0) is 42.0 Å². The van der Waals surface area contributed by atoms with Gasteiger partial charge in [-0.25, -0.2) is 17.8 Å². The molecule has 2 aromatic heterocycles. The van der Waals surface area contributed by atoms with Crippen LogP contribution < -0.4 is 5.32 Å². The Kier molecular flexibility index (Phi) is 4.99. The number of sulfone groups is 1. The van der Waals surface area contributed by atoms with Gasteiger partial charge in [-0.15, -0.1) is 5.10 Å². The van der Waals surface area contributed by atoms with Crippen LogP contribution in [0.2, 0.25) is 5.02 Å². The Hall–Kier alpha value is -3.56. The summed E-state index contributed by atoms with van der Waals surface area (Å²) in [5.41, 5.74) is 1.48. The highest BCUT2D eigenvalue weighted by Crippen LogP contribution is 2.28. The standard InChI is InChI=1S/C22H15ClFN5O2S/c23-17-12-14(10-11-18(17)24)13-25-20-16-8-4-5-9-19(16)29-21(26-20)22(27-28-29)32(30,31)15-6-2-1-3-7-15/h1-12H,13H2,(H,25,26). The lowest BCUT2D eigenvalue weighted by atomic mass is 10.2. The predicted octanol–water partition coefficient (Wildman–Crippen LogP) is 4.51. The molecule has 0 bridgehead atoms. The maximum Gasteiger partial charge on any atom is 0.229 e. The highest BCUT2D eigenvalue weighted by molar-refractivity contribution is 7.91. The fourth-order valence-corrected chi connectivity index (χ4v) is 4.86. The summed E-state index contributed by atoms with van der Waals surface area (Å²) in [6.45, 7) is 0.301. The molecule has 32 heavy (non-hydrogen) atoms. The average Bonchev–Trinajstić information content (AvgIpc) is 3.25. The highest BCUT2D eigenvalue weighted by atomic mass is 35.5. The summed E-state index contributed by atoms with van der Waals surface area (Å²) >= 11 is 5.88. The molecular weight excluding hydrogens is 453 g/mol. The highest BCUT2D eigenvalue weighted by Gasteiger charge is 2.26. The Bertz CT molecular complexity index is 1570. The van der Waals surface area contributed by atoms with E-state index in [1.54, 1.807) is 30.3 Å². The number of nitrogens with zero attached hydrogens (tertiary/aromatic N) is 4. The number of benzene rings is 3. The van der Waals surface area contributed by atoms with Gasteiger partial charge in [0.2, 0.25) is 14.9 Å². The van der Waals surface area contributed by atoms with Crippen molar-refractivity contribution < 1.29 is 12.8 Å². The molecule has 0 spiro atoms. The SMILES string of the molecule is O=S(=O)(c1ccccc1)c1nnn2c1nc(NCc1ccc(F)c(Cl)c1)c1ccccc12. The molecule has 0 saturated carbocycles. The Morgan fingerprint density at radius 2 is 1.75 bits per heavy atom. The second kappa shape index (κ2) is 7.85. The average molecular weight is 468 g/mol. The molecule has 0 radical (unpaired) electrons. The van der Waals surface area contributed by atoms with Crippen LogP contribution in [0.25, 0.3) is 16.6 Å². The first-order valence-corrected chi connectivity index (χ1v) is 11.4. The van der Waals surface area contributed by atoms with Crippen molar-refractivity contribution in [3.05, 3.63) is 89.2 Å². The van der Waals surface area contributed by atoms with Crippen molar-refractivity contribution in [2.45, 2.75) is 16.5 Å². The lowest BCUT2D eigenvalue weighted by Crippen LogP contribution is -2.07. The van der Waals surface area contributed by atoms with E-state index in [0.717, 1.165) is 10.9 Å². The molecule has 0 fully saturated rings. The Morgan fingerprint density at radius 3 is 2.53 bits per heavy atom. The van der Waals surface area contributed by atoms with Gasteiger partial charge in [0.25, 0.3) is 0 Å². The van der Waals surface area contributed by atoms with Gasteiger partial charge in [-0.2, -0.15) is 4.52 Å². The molecule has 0 atom stereocenters. The zero-order chi connectivity index (χ0) is 22.3. The number of hydrogen-bond donors (Lipinski definition) is 1. The Balaban J connectivity index is 1.64. The summed E-state index contributed by atoms with van der Waals surface area (Å²) in [6.07, 6.45) is 0. The first-order valence-electron chi connectivity index (χ1n) is 9.57. The van der Waals surface area contributed by atoms with E-state index in [1.807, 2.05) is 18.2 Å². The van der Waals surface area contributed by atoms with Gasteiger partial charge in [0.1, 0.15) is 11.6 Å². The fourth-order valence-electron chi connectivity index (χ4n) is 3.40. The minimum absolute atomic E-state index is 0.0220. The number of nitrogens with one attached hydrogen (secondary N) is 1. The molecular formula is C22H15ClFN5O2S. The first kappa shape index (κ1) is 20.3. The lowest BCUT2D eigenvalue weighted by Gasteiger charge is -2.11. The van der Waals surface area contributed by atoms with Crippen LogP contribution in [0, 0.1) is 5.82 Å². The number of anilines is 1. The minimum Gasteiger partial charge on any atom is -0.365 e. The van der Waals surface area contributed by atoms with Gasteiger partial charge in [0.05, 0.1) is 15.4 Å². The van der Waals surface area contributed by atoms with Crippen molar-refractivity contribution in [3.63, 3.8) is 0 Å². The van der Waals surface area contributed by atoms with Crippen molar-refractivity contribution >= 4 is 43.8 Å². The molecule has 3 aromatic carbocycles. The van der Waals surface area contributed by atoms with Crippen molar-refractivity contribution in [2.24, 2.45) is 0 Å². The number of aromatic nitrogens is 4. The third-order valence-corrected chi connectivity index (χ3v) is 6.93. The predicted molar refractivity (Wildman–Crippen MR) is 119 cm³/mol. The molecule has 7 nitrogen and oxygen atoms in total. The van der Waals surface area contributed by atoms with E-state index in [-0.39, 0.29) is 20.6 Å². The van der Waals surface area contributed by atoms with Crippen molar-refractivity contribution in [3.8, 4) is 0 Å². The largest absolute Gasteiger partial charge is 0.365 e. The van der Waals surface area contributed by atoms with Crippen LogP contribution in [0.3, 0.4) is 0 Å². The van der Waals surface area contributed by atoms with E-state index in [9.17, 15) is 12.8 Å². The van der Waals surface area contributed by atoms with Crippen LogP contribution >= 0.6 is 11.6 Å². The van der Waals surface area contributed by atoms with Crippen molar-refractivity contribution in [1.82, 2.24) is 19.8 Å². The van der Waals surface area contributed by atoms with Gasteiger partial charge < -0.3 is 5.32 Å². The molecule has 10 heteroatoms. The molecule has 1 N–H and O–H groups in total. The summed E-state index contributed by atoms with van der Waals surface area (Å²) in [4.78, 5) is 4.66. The van der Waals surface area contributed by atoms with Crippen LogP contribution in [0.15, 0.2) is 82.7 Å². The lowest BCUT2D eigenvalue weighted by molar-refractivity contribution is 0.592. The molecule has 0 aliphatic heterocycles. The zero-order valence-electron chi connectivity index (χ0n) is 16.4. The van der Waals surface area contributed by atoms with Gasteiger partial charge >= 0.3 is 0 Å². The third-order valence-electron chi connectivity index (χ3n) is 4.97. The molecule has 2 heterocycles. The summed E-state index contributed by atoms with van der Waals surface area (Å²) in [5, 5.41) is 11.7. The molecule has 5 aromatic rings. The van der Waals surface area contributed by atoms with Crippen LogP contribution in [-0.4, -0.2) is 28.2 Å². The fraction of sp³-hybridized carbons (Fsp3) is 0.0455. The summed E-state index contributed by atoms with van der Waals surface area (Å²) in [5.74, 6) is -0.0538. The molecule has 5 rings (SSSR count). The second-order valence-corrected chi connectivity index (χ2v) is 9.30. The smallest absolute Gasteiger partial charge is 0.229 e. The number of rotatable bonds is 5. The van der Waals surface area contributed by atoms with Crippen molar-refractivity contribution in [2.75, 3.05) is 5.32 Å². The first-order chi connectivity index (χ1) is 15.4. The van der Waals surface area contributed by atoms with Crippen molar-refractivity contribution in [1.29, 1.82) is 0 Å². The molecule has 0 aliphatic carbocycles. The van der Waals surface area contributed by atoms with Gasteiger partial charge in [0.15, 0.2) is 5.65 Å². The normalized spacial score (nSPS) is 11.8. The number of halogens is 2. The van der Waals surface area contributed by atoms with Crippen LogP contribution in [-0.2, 0) is 16.4 Å². The summed E-state index contributed by atoms with van der Waals surface area (Å²) in [7, 11) is -3.93. The van der Waals surface area contributed by atoms with Crippen LogP contribution in [0.1, 0.15) is 5.56 Å². The Morgan fingerprint density at radius 1 is 1.00 bits per heavy atom. The molecule has 0 amide bonds. The Labute approximate surface area is 187 Å². The molecule has 0 unspecified atom stereocenters. The summed E-state index contributed by atoms with van der Waals surface area (Å²) < 4.78 is 41.2. The van der Waals surface area contributed by atoms with Crippen LogP contribution in [0.4, 0.5) is 10.2 Å². The number of para-hydroxylation sites is 1. The summed E-state index contributed by atoms with van der Waals surface area (Å²) in [6, 6.07) is 19.7. The third kappa shape index (κ3) is 3.45. The maximum absolute atomic E-state index is 13.5. The zero-order valence-corrected chi connectivity index (χ0v) is 18.0. The van der Waals surface area contributed by atoms with E-state index in [0.29, 0.717) is 17.9 Å². The molecule has 0 saturated heterocycles. The van der Waals surface area contributed by atoms with E-state index in [2.05, 4.69) is 20.6 Å². The minimum atomic E-state index is -3.93. The molecule has 0 aliphatic rings. The van der Waals surface area contributed by atoms with Crippen LogP contribution in [0.5, 0.6) is 0 Å².